The fourth-order valence-corrected chi connectivity index (χ4v) is 3.51. The molecule has 2 heterocycles. The third-order valence-electron chi connectivity index (χ3n) is 5.19. The maximum Gasteiger partial charge on any atom is 0.410 e. The van der Waals surface area contributed by atoms with Gasteiger partial charge in [0, 0.05) is 38.0 Å². The average Bonchev–Trinajstić information content (AvgIpc) is 2.99. The number of nitrogens with zero attached hydrogens (tertiary/aromatic N) is 2. The summed E-state index contributed by atoms with van der Waals surface area (Å²) in [4.78, 5) is 28.2. The van der Waals surface area contributed by atoms with Crippen molar-refractivity contribution in [2.45, 2.75) is 32.5 Å². The predicted molar refractivity (Wildman–Crippen MR) is 92.7 cm³/mol. The van der Waals surface area contributed by atoms with E-state index < -0.39 is 6.10 Å². The number of benzene rings is 1. The summed E-state index contributed by atoms with van der Waals surface area (Å²) in [6, 6.07) is 9.59. The van der Waals surface area contributed by atoms with Gasteiger partial charge in [-0.05, 0) is 18.4 Å². The molecular formula is C19H26N2O4. The molecule has 2 saturated heterocycles. The molecule has 3 rings (SSSR count). The highest BCUT2D eigenvalue weighted by Gasteiger charge is 2.36. The lowest BCUT2D eigenvalue weighted by Gasteiger charge is -2.32. The van der Waals surface area contributed by atoms with Crippen molar-refractivity contribution in [3.8, 4) is 0 Å². The number of ether oxygens (including phenoxy) is 1. The van der Waals surface area contributed by atoms with Crippen molar-refractivity contribution in [1.82, 2.24) is 9.80 Å². The quantitative estimate of drug-likeness (QED) is 0.907. The highest BCUT2D eigenvalue weighted by molar-refractivity contribution is 5.79. The molecule has 0 bridgehead atoms. The fraction of sp³-hybridized carbons (Fsp3) is 0.579. The van der Waals surface area contributed by atoms with Crippen LogP contribution in [0.4, 0.5) is 4.79 Å². The number of aliphatic hydroxyl groups is 1. The van der Waals surface area contributed by atoms with E-state index >= 15 is 0 Å². The van der Waals surface area contributed by atoms with Crippen molar-refractivity contribution in [1.29, 1.82) is 0 Å². The number of amides is 2. The third-order valence-corrected chi connectivity index (χ3v) is 5.19. The molecule has 0 aliphatic carbocycles. The summed E-state index contributed by atoms with van der Waals surface area (Å²) in [5, 5.41) is 9.82. The number of piperidine rings is 1. The van der Waals surface area contributed by atoms with Crippen molar-refractivity contribution >= 4 is 12.0 Å². The van der Waals surface area contributed by atoms with Crippen LogP contribution in [-0.4, -0.2) is 59.2 Å². The van der Waals surface area contributed by atoms with Gasteiger partial charge in [-0.15, -0.1) is 0 Å². The summed E-state index contributed by atoms with van der Waals surface area (Å²) in [6.07, 6.45) is 0.567. The topological polar surface area (TPSA) is 70.1 Å². The Morgan fingerprint density at radius 2 is 1.80 bits per heavy atom. The van der Waals surface area contributed by atoms with E-state index in [9.17, 15) is 14.7 Å². The van der Waals surface area contributed by atoms with E-state index in [1.807, 2.05) is 37.3 Å². The molecule has 1 aromatic rings. The first-order valence-electron chi connectivity index (χ1n) is 8.97. The number of β-amino-alcohol motifs (C(OH)–C–C–N with tert-alkyl or cyclic N) is 1. The van der Waals surface area contributed by atoms with Crippen LogP contribution in [0.5, 0.6) is 0 Å². The highest BCUT2D eigenvalue weighted by Crippen LogP contribution is 2.24. The van der Waals surface area contributed by atoms with Gasteiger partial charge in [0.15, 0.2) is 0 Å². The van der Waals surface area contributed by atoms with Crippen LogP contribution < -0.4 is 0 Å². The maximum absolute atomic E-state index is 12.6. The minimum atomic E-state index is -0.419. The Hall–Kier alpha value is -2.08. The second-order valence-corrected chi connectivity index (χ2v) is 7.09. The fourth-order valence-electron chi connectivity index (χ4n) is 3.51. The number of hydrogen-bond donors (Lipinski definition) is 1. The molecule has 2 aliphatic heterocycles. The van der Waals surface area contributed by atoms with Gasteiger partial charge in [-0.3, -0.25) is 4.79 Å². The van der Waals surface area contributed by atoms with Crippen LogP contribution in [0.2, 0.25) is 0 Å². The van der Waals surface area contributed by atoms with Crippen molar-refractivity contribution in [2.75, 3.05) is 26.2 Å². The lowest BCUT2D eigenvalue weighted by molar-refractivity contribution is -0.136. The van der Waals surface area contributed by atoms with Gasteiger partial charge in [-0.1, -0.05) is 37.3 Å². The minimum Gasteiger partial charge on any atom is -0.445 e. The van der Waals surface area contributed by atoms with Gasteiger partial charge in [0.1, 0.15) is 6.61 Å². The molecule has 0 unspecified atom stereocenters. The molecule has 6 nitrogen and oxygen atoms in total. The van der Waals surface area contributed by atoms with Crippen molar-refractivity contribution in [3.05, 3.63) is 35.9 Å². The Kier molecular flexibility index (Phi) is 5.58. The second kappa shape index (κ2) is 7.87. The lowest BCUT2D eigenvalue weighted by Crippen LogP contribution is -2.44. The number of carbonyl (C=O) groups excluding carboxylic acids is 2. The van der Waals surface area contributed by atoms with E-state index in [4.69, 9.17) is 4.74 Å². The highest BCUT2D eigenvalue weighted by atomic mass is 16.6. The Morgan fingerprint density at radius 1 is 1.12 bits per heavy atom. The molecular weight excluding hydrogens is 320 g/mol. The average molecular weight is 346 g/mol. The zero-order valence-corrected chi connectivity index (χ0v) is 14.6. The SMILES string of the molecule is C[C@H]1CN(C(=O)C2CCN(C(=O)OCc3ccccc3)CC2)C[C@@H]1O. The van der Waals surface area contributed by atoms with E-state index in [0.717, 1.165) is 5.56 Å². The zero-order chi connectivity index (χ0) is 17.8. The number of aliphatic hydroxyl groups excluding tert-OH is 1. The summed E-state index contributed by atoms with van der Waals surface area (Å²) in [5.74, 6) is 0.188. The van der Waals surface area contributed by atoms with E-state index in [-0.39, 0.29) is 30.4 Å². The van der Waals surface area contributed by atoms with Gasteiger partial charge in [0.25, 0.3) is 0 Å². The monoisotopic (exact) mass is 346 g/mol. The molecule has 1 aromatic carbocycles. The minimum absolute atomic E-state index is 0.0596. The van der Waals surface area contributed by atoms with Crippen molar-refractivity contribution in [3.63, 3.8) is 0 Å². The van der Waals surface area contributed by atoms with Gasteiger partial charge in [0.2, 0.25) is 5.91 Å². The summed E-state index contributed by atoms with van der Waals surface area (Å²) >= 11 is 0. The first-order chi connectivity index (χ1) is 12.0. The smallest absolute Gasteiger partial charge is 0.410 e. The van der Waals surface area contributed by atoms with Gasteiger partial charge in [-0.2, -0.15) is 0 Å². The molecule has 1 N–H and O–H groups in total. The molecule has 0 radical (unpaired) electrons. The lowest BCUT2D eigenvalue weighted by atomic mass is 9.95. The third kappa shape index (κ3) is 4.31. The number of rotatable bonds is 3. The van der Waals surface area contributed by atoms with E-state index in [1.54, 1.807) is 9.80 Å². The van der Waals surface area contributed by atoms with Crippen molar-refractivity contribution < 1.29 is 19.4 Å². The van der Waals surface area contributed by atoms with Crippen LogP contribution in [0.15, 0.2) is 30.3 Å². The molecule has 0 saturated carbocycles. The summed E-state index contributed by atoms with van der Waals surface area (Å²) in [7, 11) is 0. The first kappa shape index (κ1) is 17.7. The number of likely N-dealkylation sites (tertiary alicyclic amines) is 2. The molecule has 0 aromatic heterocycles. The number of hydrogen-bond acceptors (Lipinski definition) is 4. The molecule has 136 valence electrons. The Morgan fingerprint density at radius 3 is 2.40 bits per heavy atom. The molecule has 2 fully saturated rings. The normalized spacial score (nSPS) is 24.4. The summed E-state index contributed by atoms with van der Waals surface area (Å²) in [5.41, 5.74) is 0.961. The van der Waals surface area contributed by atoms with Crippen LogP contribution >= 0.6 is 0 Å². The van der Waals surface area contributed by atoms with E-state index in [2.05, 4.69) is 0 Å². The molecule has 6 heteroatoms. The Balaban J connectivity index is 1.43. The number of carbonyl (C=O) groups is 2. The van der Waals surface area contributed by atoms with Gasteiger partial charge >= 0.3 is 6.09 Å². The van der Waals surface area contributed by atoms with Gasteiger partial charge in [-0.25, -0.2) is 4.79 Å². The van der Waals surface area contributed by atoms with Crippen molar-refractivity contribution in [2.24, 2.45) is 11.8 Å². The molecule has 2 amide bonds. The summed E-state index contributed by atoms with van der Waals surface area (Å²) < 4.78 is 5.35. The standard InChI is InChI=1S/C19H26N2O4/c1-14-11-21(12-17(14)22)18(23)16-7-9-20(10-8-16)19(24)25-13-15-5-3-2-4-6-15/h2-6,14,16-17,22H,7-13H2,1H3/t14-,17-/m0/s1. The molecule has 2 atom stereocenters. The zero-order valence-electron chi connectivity index (χ0n) is 14.6. The van der Waals surface area contributed by atoms with Crippen LogP contribution in [0.1, 0.15) is 25.3 Å². The van der Waals surface area contributed by atoms with E-state index in [0.29, 0.717) is 39.0 Å². The Bertz CT molecular complexity index is 589. The molecule has 2 aliphatic rings. The summed E-state index contributed by atoms with van der Waals surface area (Å²) in [6.45, 7) is 4.36. The predicted octanol–water partition coefficient (Wildman–Crippen LogP) is 1.87. The molecule has 25 heavy (non-hydrogen) atoms. The first-order valence-corrected chi connectivity index (χ1v) is 8.97. The van der Waals surface area contributed by atoms with Crippen LogP contribution in [0.25, 0.3) is 0 Å². The van der Waals surface area contributed by atoms with Gasteiger partial charge < -0.3 is 19.6 Å². The Labute approximate surface area is 148 Å². The van der Waals surface area contributed by atoms with Gasteiger partial charge in [0.05, 0.1) is 6.10 Å². The van der Waals surface area contributed by atoms with Crippen LogP contribution in [0.3, 0.4) is 0 Å². The second-order valence-electron chi connectivity index (χ2n) is 7.09. The van der Waals surface area contributed by atoms with Crippen LogP contribution in [0, 0.1) is 11.8 Å². The van der Waals surface area contributed by atoms with Crippen LogP contribution in [-0.2, 0) is 16.1 Å². The largest absolute Gasteiger partial charge is 0.445 e. The maximum atomic E-state index is 12.6. The molecule has 0 spiro atoms. The van der Waals surface area contributed by atoms with E-state index in [1.165, 1.54) is 0 Å².